The van der Waals surface area contributed by atoms with Gasteiger partial charge in [-0.3, -0.25) is 0 Å². The van der Waals surface area contributed by atoms with E-state index in [0.717, 1.165) is 0 Å². The van der Waals surface area contributed by atoms with Gasteiger partial charge in [-0.15, -0.1) is 0 Å². The van der Waals surface area contributed by atoms with Crippen molar-refractivity contribution in [3.63, 3.8) is 0 Å². The molecule has 1 saturated carbocycles. The Bertz CT molecular complexity index is 600. The third kappa shape index (κ3) is 6.11. The summed E-state index contributed by atoms with van der Waals surface area (Å²) >= 11 is 0. The zero-order valence-corrected chi connectivity index (χ0v) is 19.0. The lowest BCUT2D eigenvalue weighted by Crippen LogP contribution is -2.61. The minimum absolute atomic E-state index is 0.0570. The number of hydrogen-bond donors (Lipinski definition) is 10. The van der Waals surface area contributed by atoms with E-state index in [0.29, 0.717) is 0 Å². The number of hydrogen-bond acceptors (Lipinski definition) is 15. The summed E-state index contributed by atoms with van der Waals surface area (Å²) in [4.78, 5) is 0. The van der Waals surface area contributed by atoms with Gasteiger partial charge in [-0.25, -0.2) is 0 Å². The molecule has 15 atom stereocenters. The highest BCUT2D eigenvalue weighted by Crippen LogP contribution is 2.31. The third-order valence-corrected chi connectivity index (χ3v) is 6.80. The number of ether oxygens (including phenoxy) is 5. The second-order valence-electron chi connectivity index (χ2n) is 9.12. The zero-order valence-electron chi connectivity index (χ0n) is 19.0. The zero-order chi connectivity index (χ0) is 26.0. The maximum atomic E-state index is 10.4. The number of aliphatic hydroxyl groups is 10. The van der Waals surface area contributed by atoms with Crippen molar-refractivity contribution in [3.05, 3.63) is 0 Å². The van der Waals surface area contributed by atoms with Crippen LogP contribution in [0.1, 0.15) is 6.42 Å². The van der Waals surface area contributed by atoms with Crippen LogP contribution < -0.4 is 0 Å². The van der Waals surface area contributed by atoms with E-state index in [1.54, 1.807) is 0 Å². The lowest BCUT2D eigenvalue weighted by molar-refractivity contribution is -0.309. The molecule has 206 valence electrons. The molecule has 0 aromatic rings. The van der Waals surface area contributed by atoms with Gasteiger partial charge in [0.05, 0.1) is 32.0 Å². The largest absolute Gasteiger partial charge is 0.394 e. The lowest BCUT2D eigenvalue weighted by Gasteiger charge is -2.43. The van der Waals surface area contributed by atoms with Crippen LogP contribution in [0, 0.1) is 5.92 Å². The Morgan fingerprint density at radius 1 is 0.600 bits per heavy atom. The number of aliphatic hydroxyl groups excluding tert-OH is 10. The molecule has 1 aliphatic carbocycles. The van der Waals surface area contributed by atoms with E-state index < -0.39 is 98.4 Å². The van der Waals surface area contributed by atoms with Crippen LogP contribution in [-0.2, 0) is 23.7 Å². The molecule has 2 aliphatic heterocycles. The van der Waals surface area contributed by atoms with Crippen molar-refractivity contribution in [1.82, 2.24) is 0 Å². The average molecular weight is 516 g/mol. The summed E-state index contributed by atoms with van der Waals surface area (Å²) in [5.74, 6) is -0.845. The molecule has 0 aromatic carbocycles. The minimum atomic E-state index is -1.66. The third-order valence-electron chi connectivity index (χ3n) is 6.80. The van der Waals surface area contributed by atoms with Gasteiger partial charge in [-0.2, -0.15) is 0 Å². The van der Waals surface area contributed by atoms with Crippen LogP contribution in [-0.4, -0.2) is 164 Å². The van der Waals surface area contributed by atoms with Crippen molar-refractivity contribution in [2.24, 2.45) is 5.92 Å². The monoisotopic (exact) mass is 516 g/mol. The van der Waals surface area contributed by atoms with Crippen molar-refractivity contribution in [2.45, 2.75) is 92.2 Å². The van der Waals surface area contributed by atoms with Gasteiger partial charge < -0.3 is 74.7 Å². The molecule has 0 aromatic heterocycles. The molecule has 35 heavy (non-hydrogen) atoms. The van der Waals surface area contributed by atoms with Crippen LogP contribution in [0.15, 0.2) is 0 Å². The van der Waals surface area contributed by atoms with Gasteiger partial charge in [-0.1, -0.05) is 0 Å². The SMILES string of the molecule is CO[C@H]1O[C@H](CO[C@H]2C[C@H](CO[C@H]3O[C@H](CO)[C@@H](O)[C@H](O)C3O)[C@@H](O)[C@H](O)[C@H]2O)[C@@H](O)[C@H](O)[C@H]1O. The van der Waals surface area contributed by atoms with Gasteiger partial charge in [0.2, 0.25) is 0 Å². The molecule has 3 rings (SSSR count). The van der Waals surface area contributed by atoms with Gasteiger partial charge in [0.25, 0.3) is 0 Å². The Labute approximate surface area is 200 Å². The first-order valence-electron chi connectivity index (χ1n) is 11.3. The predicted octanol–water partition coefficient (Wildman–Crippen LogP) is -6.26. The summed E-state index contributed by atoms with van der Waals surface area (Å²) in [5, 5.41) is 100. The maximum Gasteiger partial charge on any atom is 0.186 e. The Hall–Kier alpha value is -0.600. The highest BCUT2D eigenvalue weighted by atomic mass is 16.7. The fraction of sp³-hybridized carbons (Fsp3) is 1.00. The van der Waals surface area contributed by atoms with Gasteiger partial charge >= 0.3 is 0 Å². The highest BCUT2D eigenvalue weighted by molar-refractivity contribution is 4.95. The summed E-state index contributed by atoms with van der Waals surface area (Å²) in [6.07, 6.45) is -20.3. The summed E-state index contributed by atoms with van der Waals surface area (Å²) in [5.41, 5.74) is 0. The van der Waals surface area contributed by atoms with Crippen LogP contribution >= 0.6 is 0 Å². The molecule has 0 amide bonds. The molecule has 0 radical (unpaired) electrons. The predicted molar refractivity (Wildman–Crippen MR) is 109 cm³/mol. The maximum absolute atomic E-state index is 10.4. The molecule has 2 heterocycles. The van der Waals surface area contributed by atoms with Crippen LogP contribution in [0.5, 0.6) is 0 Å². The fourth-order valence-corrected chi connectivity index (χ4v) is 4.50. The number of methoxy groups -OCH3 is 1. The quantitative estimate of drug-likeness (QED) is 0.144. The van der Waals surface area contributed by atoms with E-state index in [-0.39, 0.29) is 19.6 Å². The smallest absolute Gasteiger partial charge is 0.186 e. The van der Waals surface area contributed by atoms with Crippen LogP contribution in [0.4, 0.5) is 0 Å². The topological polar surface area (TPSA) is 248 Å². The van der Waals surface area contributed by atoms with E-state index >= 15 is 0 Å². The van der Waals surface area contributed by atoms with Gasteiger partial charge in [0, 0.05) is 13.0 Å². The molecule has 2 saturated heterocycles. The summed E-state index contributed by atoms with van der Waals surface area (Å²) in [6.45, 7) is -1.34. The molecule has 15 nitrogen and oxygen atoms in total. The van der Waals surface area contributed by atoms with E-state index in [9.17, 15) is 51.1 Å². The van der Waals surface area contributed by atoms with E-state index in [4.69, 9.17) is 23.7 Å². The van der Waals surface area contributed by atoms with Crippen LogP contribution in [0.25, 0.3) is 0 Å². The summed E-state index contributed by atoms with van der Waals surface area (Å²) < 4.78 is 26.6. The Morgan fingerprint density at radius 2 is 1.14 bits per heavy atom. The molecule has 3 fully saturated rings. The van der Waals surface area contributed by atoms with Crippen molar-refractivity contribution in [3.8, 4) is 0 Å². The van der Waals surface area contributed by atoms with E-state index in [1.807, 2.05) is 0 Å². The molecule has 0 spiro atoms. The second-order valence-corrected chi connectivity index (χ2v) is 9.12. The number of rotatable bonds is 8. The second kappa shape index (κ2) is 12.3. The van der Waals surface area contributed by atoms with Crippen molar-refractivity contribution in [1.29, 1.82) is 0 Å². The van der Waals surface area contributed by atoms with Crippen molar-refractivity contribution < 1.29 is 74.7 Å². The standard InChI is InChI=1S/C20H36O15/c1-31-19-17(29)16(28)13(25)9(35-19)5-32-7-2-6(10(22)14(26)11(7)23)4-33-20-18(30)15(27)12(24)8(3-21)34-20/h6-30H,2-5H2,1H3/t6-,7+,8-,9-,10-,11+,12-,13-,14+,15+,16+,17-,18?,19+,20+/m1/s1. The van der Waals surface area contributed by atoms with Crippen LogP contribution in [0.2, 0.25) is 0 Å². The lowest BCUT2D eigenvalue weighted by atomic mass is 9.81. The fourth-order valence-electron chi connectivity index (χ4n) is 4.50. The molecule has 10 N–H and O–H groups in total. The van der Waals surface area contributed by atoms with Crippen LogP contribution in [0.3, 0.4) is 0 Å². The average Bonchev–Trinajstić information content (AvgIpc) is 2.85. The van der Waals surface area contributed by atoms with Gasteiger partial charge in [-0.05, 0) is 6.42 Å². The molecule has 3 aliphatic rings. The normalized spacial score (nSPS) is 51.3. The molecular formula is C20H36O15. The van der Waals surface area contributed by atoms with E-state index in [2.05, 4.69) is 0 Å². The van der Waals surface area contributed by atoms with Crippen molar-refractivity contribution in [2.75, 3.05) is 26.9 Å². The molecule has 15 heteroatoms. The molecule has 0 bridgehead atoms. The first kappa shape index (κ1) is 29.0. The molecular weight excluding hydrogens is 480 g/mol. The summed E-state index contributed by atoms with van der Waals surface area (Å²) in [7, 11) is 1.24. The Kier molecular flexibility index (Phi) is 10.2. The Morgan fingerprint density at radius 3 is 1.74 bits per heavy atom. The minimum Gasteiger partial charge on any atom is -0.394 e. The first-order valence-corrected chi connectivity index (χ1v) is 11.3. The van der Waals surface area contributed by atoms with Gasteiger partial charge in [0.15, 0.2) is 12.6 Å². The van der Waals surface area contributed by atoms with E-state index in [1.165, 1.54) is 7.11 Å². The first-order chi connectivity index (χ1) is 16.5. The molecule has 1 unspecified atom stereocenters. The highest BCUT2D eigenvalue weighted by Gasteiger charge is 2.48. The Balaban J connectivity index is 1.59. The van der Waals surface area contributed by atoms with Gasteiger partial charge in [0.1, 0.15) is 61.0 Å². The summed E-state index contributed by atoms with van der Waals surface area (Å²) in [6, 6.07) is 0. The van der Waals surface area contributed by atoms with Crippen molar-refractivity contribution >= 4 is 0 Å².